The van der Waals surface area contributed by atoms with Crippen LogP contribution < -0.4 is 51.4 Å². The zero-order valence-electron chi connectivity index (χ0n) is 5.61. The van der Waals surface area contributed by atoms with Crippen molar-refractivity contribution in [3.63, 3.8) is 0 Å². The molecular formula is C2H9KO6Si. The van der Waals surface area contributed by atoms with Gasteiger partial charge in [0.25, 0.3) is 0 Å². The van der Waals surface area contributed by atoms with E-state index in [-0.39, 0.29) is 63.8 Å². The van der Waals surface area contributed by atoms with Gasteiger partial charge in [-0.05, 0) is 11.0 Å². The van der Waals surface area contributed by atoms with Crippen LogP contribution in [0, 0.1) is 0 Å². The maximum Gasteiger partial charge on any atom is 1.00 e. The van der Waals surface area contributed by atoms with Gasteiger partial charge < -0.3 is 21.9 Å². The van der Waals surface area contributed by atoms with Gasteiger partial charge in [0, 0.05) is 0 Å². The molecular weight excluding hydrogens is 187 g/mol. The molecule has 0 aliphatic carbocycles. The average Bonchev–Trinajstić information content (AvgIpc) is 1.25. The Kier molecular flexibility index (Phi) is 36.3. The average molecular weight is 196 g/mol. The molecule has 6 nitrogen and oxygen atoms in total. The molecule has 8 heteroatoms. The summed E-state index contributed by atoms with van der Waals surface area (Å²) in [6.45, 7) is 0. The molecule has 0 rings (SSSR count). The SMILES string of the molecule is O=C(O)O.O=C(O)O.[H-].[K+].[SiH4]. The van der Waals surface area contributed by atoms with Gasteiger partial charge in [-0.15, -0.1) is 0 Å². The molecule has 0 fully saturated rings. The van der Waals surface area contributed by atoms with Gasteiger partial charge in [0.15, 0.2) is 0 Å². The predicted molar refractivity (Wildman–Crippen MR) is 33.8 cm³/mol. The first-order valence-corrected chi connectivity index (χ1v) is 1.30. The van der Waals surface area contributed by atoms with E-state index in [0.29, 0.717) is 0 Å². The van der Waals surface area contributed by atoms with Gasteiger partial charge in [-0.2, -0.15) is 0 Å². The number of carboxylic acid groups (broad SMARTS) is 4. The third-order valence-electron chi connectivity index (χ3n) is 0. The minimum absolute atomic E-state index is 0. The Bertz CT molecular complexity index is 78.6. The standard InChI is InChI=1S/2CH2O3.K.H4Si.H/c2*2-1(3)4;;;/h2*(H2,2,3,4);;1H4;/q;;+1;;-1. The fourth-order valence-electron chi connectivity index (χ4n) is 0. The molecule has 0 unspecified atom stereocenters. The Morgan fingerprint density at radius 1 is 0.900 bits per heavy atom. The summed E-state index contributed by atoms with van der Waals surface area (Å²) in [6, 6.07) is 0. The summed E-state index contributed by atoms with van der Waals surface area (Å²) in [5.74, 6) is 0. The molecule has 0 aromatic heterocycles. The maximum absolute atomic E-state index is 8.56. The second-order valence-corrected chi connectivity index (χ2v) is 0.565. The van der Waals surface area contributed by atoms with E-state index >= 15 is 0 Å². The first-order valence-electron chi connectivity index (χ1n) is 1.30. The van der Waals surface area contributed by atoms with Crippen molar-refractivity contribution >= 4 is 23.3 Å². The van der Waals surface area contributed by atoms with E-state index < -0.39 is 12.3 Å². The summed E-state index contributed by atoms with van der Waals surface area (Å²) < 4.78 is 0. The van der Waals surface area contributed by atoms with Crippen molar-refractivity contribution in [1.29, 1.82) is 0 Å². The molecule has 0 amide bonds. The second kappa shape index (κ2) is 16.2. The van der Waals surface area contributed by atoms with Crippen LogP contribution in [-0.4, -0.2) is 43.7 Å². The normalized spacial score (nSPS) is 4.80. The largest absolute Gasteiger partial charge is 1.00 e. The third kappa shape index (κ3) is 2970. The monoisotopic (exact) mass is 196 g/mol. The molecule has 0 aliphatic rings. The van der Waals surface area contributed by atoms with Gasteiger partial charge in [-0.1, -0.05) is 0 Å². The Hall–Kier alpha value is 0.393. The summed E-state index contributed by atoms with van der Waals surface area (Å²) >= 11 is 0. The molecule has 0 saturated heterocycles. The molecule has 10 heavy (non-hydrogen) atoms. The Morgan fingerprint density at radius 2 is 0.900 bits per heavy atom. The van der Waals surface area contributed by atoms with Crippen LogP contribution in [0.15, 0.2) is 0 Å². The minimum atomic E-state index is -1.83. The quantitative estimate of drug-likeness (QED) is 0.294. The van der Waals surface area contributed by atoms with Crippen LogP contribution in [0.4, 0.5) is 9.59 Å². The molecule has 0 radical (unpaired) electrons. The van der Waals surface area contributed by atoms with Crippen LogP contribution >= 0.6 is 0 Å². The summed E-state index contributed by atoms with van der Waals surface area (Å²) in [6.07, 6.45) is -3.67. The molecule has 0 aromatic carbocycles. The zero-order chi connectivity index (χ0) is 7.15. The first-order chi connectivity index (χ1) is 3.46. The van der Waals surface area contributed by atoms with Crippen molar-refractivity contribution in [1.82, 2.24) is 0 Å². The second-order valence-electron chi connectivity index (χ2n) is 0.565. The number of carbonyl (C=O) groups is 2. The Labute approximate surface area is 105 Å². The smallest absolute Gasteiger partial charge is 1.00 e. The van der Waals surface area contributed by atoms with E-state index in [1.807, 2.05) is 0 Å². The molecule has 0 saturated carbocycles. The van der Waals surface area contributed by atoms with E-state index in [0.717, 1.165) is 0 Å². The Balaban J connectivity index is -0.0000000171. The molecule has 0 aliphatic heterocycles. The molecule has 4 N–H and O–H groups in total. The molecule has 0 bridgehead atoms. The van der Waals surface area contributed by atoms with Crippen molar-refractivity contribution in [3.05, 3.63) is 0 Å². The van der Waals surface area contributed by atoms with E-state index in [1.54, 1.807) is 0 Å². The van der Waals surface area contributed by atoms with Crippen LogP contribution in [0.5, 0.6) is 0 Å². The van der Waals surface area contributed by atoms with E-state index in [2.05, 4.69) is 0 Å². The van der Waals surface area contributed by atoms with Crippen molar-refractivity contribution in [3.8, 4) is 0 Å². The number of hydrogen-bond donors (Lipinski definition) is 4. The van der Waals surface area contributed by atoms with Crippen LogP contribution in [-0.2, 0) is 0 Å². The third-order valence-corrected chi connectivity index (χ3v) is 0. The summed E-state index contributed by atoms with van der Waals surface area (Å²) in [7, 11) is 0. The van der Waals surface area contributed by atoms with E-state index in [9.17, 15) is 0 Å². The minimum Gasteiger partial charge on any atom is -1.00 e. The van der Waals surface area contributed by atoms with E-state index in [1.165, 1.54) is 0 Å². The van der Waals surface area contributed by atoms with Gasteiger partial charge in [-0.25, -0.2) is 9.59 Å². The molecule has 0 heterocycles. The van der Waals surface area contributed by atoms with Crippen molar-refractivity contribution < 1.29 is 82.8 Å². The maximum atomic E-state index is 8.56. The predicted octanol–water partition coefficient (Wildman–Crippen LogP) is -3.89. The molecule has 0 spiro atoms. The number of hydrogen-bond acceptors (Lipinski definition) is 2. The van der Waals surface area contributed by atoms with Crippen molar-refractivity contribution in [2.24, 2.45) is 0 Å². The molecule has 58 valence electrons. The van der Waals surface area contributed by atoms with Gasteiger partial charge in [0.2, 0.25) is 0 Å². The van der Waals surface area contributed by atoms with Crippen LogP contribution in [0.2, 0.25) is 0 Å². The summed E-state index contributed by atoms with van der Waals surface area (Å²) in [5.41, 5.74) is 0. The van der Waals surface area contributed by atoms with Crippen LogP contribution in [0.3, 0.4) is 0 Å². The van der Waals surface area contributed by atoms with E-state index in [4.69, 9.17) is 30.0 Å². The first kappa shape index (κ1) is 22.4. The van der Waals surface area contributed by atoms with Crippen molar-refractivity contribution in [2.75, 3.05) is 0 Å². The summed E-state index contributed by atoms with van der Waals surface area (Å²) in [5, 5.41) is 27.9. The zero-order valence-corrected chi connectivity index (χ0v) is 7.73. The van der Waals surface area contributed by atoms with Gasteiger partial charge in [0.05, 0.1) is 0 Å². The van der Waals surface area contributed by atoms with Crippen molar-refractivity contribution in [2.45, 2.75) is 0 Å². The molecule has 0 aromatic rings. The topological polar surface area (TPSA) is 115 Å². The molecule has 0 atom stereocenters. The van der Waals surface area contributed by atoms with Gasteiger partial charge >= 0.3 is 63.7 Å². The van der Waals surface area contributed by atoms with Crippen LogP contribution in [0.25, 0.3) is 0 Å². The van der Waals surface area contributed by atoms with Gasteiger partial charge in [-0.3, -0.25) is 0 Å². The van der Waals surface area contributed by atoms with Gasteiger partial charge in [0.1, 0.15) is 0 Å². The Morgan fingerprint density at radius 3 is 0.900 bits per heavy atom. The summed E-state index contributed by atoms with van der Waals surface area (Å²) in [4.78, 5) is 17.1. The number of rotatable bonds is 0. The fraction of sp³-hybridized carbons (Fsp3) is 0. The fourth-order valence-corrected chi connectivity index (χ4v) is 0. The van der Waals surface area contributed by atoms with Crippen LogP contribution in [0.1, 0.15) is 1.43 Å².